The van der Waals surface area contributed by atoms with E-state index >= 15 is 0 Å². The first-order valence-corrected chi connectivity index (χ1v) is 7.71. The SMILES string of the molecule is Cc1cccc(NC(=O)NC(=O)COC(=O)c2cccnc2Cl)c1C. The highest BCUT2D eigenvalue weighted by molar-refractivity contribution is 6.32. The minimum absolute atomic E-state index is 0.0272. The Bertz CT molecular complexity index is 823. The fourth-order valence-corrected chi connectivity index (χ4v) is 2.15. The molecule has 7 nitrogen and oxygen atoms in total. The number of aryl methyl sites for hydroxylation is 1. The first kappa shape index (κ1) is 18.4. The van der Waals surface area contributed by atoms with Crippen LogP contribution in [0.1, 0.15) is 21.5 Å². The predicted octanol–water partition coefficient (Wildman–Crippen LogP) is 2.86. The molecule has 0 unspecified atom stereocenters. The van der Waals surface area contributed by atoms with E-state index in [9.17, 15) is 14.4 Å². The van der Waals surface area contributed by atoms with Gasteiger partial charge in [0, 0.05) is 11.9 Å². The van der Waals surface area contributed by atoms with Crippen molar-refractivity contribution in [3.63, 3.8) is 0 Å². The fourth-order valence-electron chi connectivity index (χ4n) is 1.95. The number of hydrogen-bond acceptors (Lipinski definition) is 5. The summed E-state index contributed by atoms with van der Waals surface area (Å²) in [5.41, 5.74) is 2.52. The molecule has 0 spiro atoms. The number of benzene rings is 1. The molecule has 0 atom stereocenters. The van der Waals surface area contributed by atoms with Gasteiger partial charge in [-0.15, -0.1) is 0 Å². The van der Waals surface area contributed by atoms with Gasteiger partial charge in [-0.2, -0.15) is 0 Å². The molecule has 130 valence electrons. The first-order chi connectivity index (χ1) is 11.9. The summed E-state index contributed by atoms with van der Waals surface area (Å²) in [6.45, 7) is 3.14. The third kappa shape index (κ3) is 5.02. The number of esters is 1. The molecule has 1 aromatic heterocycles. The molecule has 0 aliphatic heterocycles. The summed E-state index contributed by atoms with van der Waals surface area (Å²) in [5.74, 6) is -1.57. The van der Waals surface area contributed by atoms with Crippen molar-refractivity contribution in [2.45, 2.75) is 13.8 Å². The molecule has 25 heavy (non-hydrogen) atoms. The monoisotopic (exact) mass is 361 g/mol. The lowest BCUT2D eigenvalue weighted by molar-refractivity contribution is -0.123. The van der Waals surface area contributed by atoms with Crippen LogP contribution < -0.4 is 10.6 Å². The van der Waals surface area contributed by atoms with Gasteiger partial charge in [0.05, 0.1) is 5.56 Å². The van der Waals surface area contributed by atoms with Crippen molar-refractivity contribution in [3.8, 4) is 0 Å². The summed E-state index contributed by atoms with van der Waals surface area (Å²) in [7, 11) is 0. The van der Waals surface area contributed by atoms with Crippen LogP contribution in [0, 0.1) is 13.8 Å². The van der Waals surface area contributed by atoms with Crippen LogP contribution in [0.2, 0.25) is 5.15 Å². The third-order valence-electron chi connectivity index (χ3n) is 3.42. The zero-order chi connectivity index (χ0) is 18.4. The van der Waals surface area contributed by atoms with Crippen molar-refractivity contribution in [1.29, 1.82) is 0 Å². The molecule has 3 amide bonds. The summed E-state index contributed by atoms with van der Waals surface area (Å²) in [5, 5.41) is 4.62. The van der Waals surface area contributed by atoms with Crippen LogP contribution in [0.25, 0.3) is 0 Å². The lowest BCUT2D eigenvalue weighted by Crippen LogP contribution is -2.37. The molecule has 0 radical (unpaired) electrons. The summed E-state index contributed by atoms with van der Waals surface area (Å²) in [6, 6.07) is 7.64. The van der Waals surface area contributed by atoms with E-state index in [4.69, 9.17) is 16.3 Å². The molecule has 0 saturated heterocycles. The molecule has 0 saturated carbocycles. The lowest BCUT2D eigenvalue weighted by Gasteiger charge is -2.11. The summed E-state index contributed by atoms with van der Waals surface area (Å²) in [6.07, 6.45) is 1.42. The van der Waals surface area contributed by atoms with Crippen molar-refractivity contribution in [3.05, 3.63) is 58.4 Å². The molecule has 2 rings (SSSR count). The molecule has 2 N–H and O–H groups in total. The number of nitrogens with zero attached hydrogens (tertiary/aromatic N) is 1. The minimum Gasteiger partial charge on any atom is -0.452 e. The van der Waals surface area contributed by atoms with Crippen LogP contribution in [0.4, 0.5) is 10.5 Å². The Morgan fingerprint density at radius 1 is 1.16 bits per heavy atom. The average Bonchev–Trinajstić information content (AvgIpc) is 2.57. The number of pyridine rings is 1. The Morgan fingerprint density at radius 2 is 1.92 bits per heavy atom. The van der Waals surface area contributed by atoms with Gasteiger partial charge in [0.25, 0.3) is 5.91 Å². The van der Waals surface area contributed by atoms with E-state index < -0.39 is 24.5 Å². The second-order valence-corrected chi connectivity index (χ2v) is 5.53. The van der Waals surface area contributed by atoms with Crippen LogP contribution in [0.3, 0.4) is 0 Å². The number of rotatable bonds is 4. The summed E-state index contributed by atoms with van der Waals surface area (Å²) >= 11 is 5.76. The number of hydrogen-bond donors (Lipinski definition) is 2. The highest BCUT2D eigenvalue weighted by atomic mass is 35.5. The van der Waals surface area contributed by atoms with Crippen LogP contribution in [-0.4, -0.2) is 29.5 Å². The van der Waals surface area contributed by atoms with Crippen LogP contribution in [-0.2, 0) is 9.53 Å². The maximum atomic E-state index is 11.8. The zero-order valence-corrected chi connectivity index (χ0v) is 14.4. The van der Waals surface area contributed by atoms with E-state index in [1.54, 1.807) is 12.1 Å². The standard InChI is InChI=1S/C17H16ClN3O4/c1-10-5-3-7-13(11(10)2)20-17(24)21-14(22)9-25-16(23)12-6-4-8-19-15(12)18/h3-8H,9H2,1-2H3,(H2,20,21,22,24). The molecule has 0 fully saturated rings. The smallest absolute Gasteiger partial charge is 0.341 e. The van der Waals surface area contributed by atoms with Crippen LogP contribution >= 0.6 is 11.6 Å². The highest BCUT2D eigenvalue weighted by Gasteiger charge is 2.15. The van der Waals surface area contributed by atoms with Crippen molar-refractivity contribution in [1.82, 2.24) is 10.3 Å². The number of nitrogens with one attached hydrogen (secondary N) is 2. The quantitative estimate of drug-likeness (QED) is 0.644. The van der Waals surface area contributed by atoms with Gasteiger partial charge in [0.15, 0.2) is 6.61 Å². The number of urea groups is 1. The van der Waals surface area contributed by atoms with E-state index in [0.717, 1.165) is 11.1 Å². The van der Waals surface area contributed by atoms with Gasteiger partial charge in [0.1, 0.15) is 5.15 Å². The molecule has 1 heterocycles. The maximum absolute atomic E-state index is 11.8. The number of carbonyl (C=O) groups excluding carboxylic acids is 3. The Hall–Kier alpha value is -2.93. The van der Waals surface area contributed by atoms with E-state index in [-0.39, 0.29) is 10.7 Å². The van der Waals surface area contributed by atoms with Gasteiger partial charge in [-0.1, -0.05) is 23.7 Å². The Labute approximate surface area is 149 Å². The number of carbonyl (C=O) groups is 3. The molecule has 8 heteroatoms. The van der Waals surface area contributed by atoms with Gasteiger partial charge in [0.2, 0.25) is 0 Å². The molecule has 0 bridgehead atoms. The number of amides is 3. The molecular formula is C17H16ClN3O4. The second kappa shape index (κ2) is 8.25. The number of halogens is 1. The number of anilines is 1. The predicted molar refractivity (Wildman–Crippen MR) is 92.6 cm³/mol. The van der Waals surface area contributed by atoms with Gasteiger partial charge >= 0.3 is 12.0 Å². The highest BCUT2D eigenvalue weighted by Crippen LogP contribution is 2.17. The molecule has 1 aromatic carbocycles. The maximum Gasteiger partial charge on any atom is 0.341 e. The van der Waals surface area contributed by atoms with Gasteiger partial charge in [-0.25, -0.2) is 14.6 Å². The summed E-state index contributed by atoms with van der Waals surface area (Å²) < 4.78 is 4.81. The van der Waals surface area contributed by atoms with Gasteiger partial charge in [-0.3, -0.25) is 10.1 Å². The molecular weight excluding hydrogens is 346 g/mol. The Morgan fingerprint density at radius 3 is 2.64 bits per heavy atom. The topological polar surface area (TPSA) is 97.4 Å². The van der Waals surface area contributed by atoms with Gasteiger partial charge < -0.3 is 10.1 Å². The molecule has 0 aliphatic carbocycles. The zero-order valence-electron chi connectivity index (χ0n) is 13.6. The van der Waals surface area contributed by atoms with E-state index in [0.29, 0.717) is 5.69 Å². The average molecular weight is 362 g/mol. The Kier molecular flexibility index (Phi) is 6.08. The number of ether oxygens (including phenoxy) is 1. The van der Waals surface area contributed by atoms with E-state index in [1.165, 1.54) is 18.3 Å². The van der Waals surface area contributed by atoms with Gasteiger partial charge in [-0.05, 0) is 43.2 Å². The number of imide groups is 1. The fraction of sp³-hybridized carbons (Fsp3) is 0.176. The van der Waals surface area contributed by atoms with Crippen LogP contribution in [0.5, 0.6) is 0 Å². The normalized spacial score (nSPS) is 10.0. The largest absolute Gasteiger partial charge is 0.452 e. The molecule has 0 aliphatic rings. The third-order valence-corrected chi connectivity index (χ3v) is 3.72. The van der Waals surface area contributed by atoms with Crippen molar-refractivity contribution < 1.29 is 19.1 Å². The summed E-state index contributed by atoms with van der Waals surface area (Å²) in [4.78, 5) is 39.1. The number of aromatic nitrogens is 1. The van der Waals surface area contributed by atoms with Crippen molar-refractivity contribution in [2.75, 3.05) is 11.9 Å². The van der Waals surface area contributed by atoms with Crippen molar-refractivity contribution in [2.24, 2.45) is 0 Å². The van der Waals surface area contributed by atoms with Crippen molar-refractivity contribution >= 4 is 35.2 Å². The molecule has 2 aromatic rings. The van der Waals surface area contributed by atoms with E-state index in [2.05, 4.69) is 15.6 Å². The van der Waals surface area contributed by atoms with Crippen LogP contribution in [0.15, 0.2) is 36.5 Å². The minimum atomic E-state index is -0.803. The van der Waals surface area contributed by atoms with E-state index in [1.807, 2.05) is 19.9 Å². The first-order valence-electron chi connectivity index (χ1n) is 7.33. The lowest BCUT2D eigenvalue weighted by atomic mass is 10.1. The Balaban J connectivity index is 1.86. The second-order valence-electron chi connectivity index (χ2n) is 5.17.